The van der Waals surface area contributed by atoms with Gasteiger partial charge in [0.25, 0.3) is 0 Å². The van der Waals surface area contributed by atoms with Gasteiger partial charge in [-0.3, -0.25) is 14.5 Å². The lowest BCUT2D eigenvalue weighted by molar-refractivity contribution is -0.138. The second-order valence-electron chi connectivity index (χ2n) is 5.39. The Labute approximate surface area is 96.6 Å². The Morgan fingerprint density at radius 3 is 2.12 bits per heavy atom. The molecule has 0 bridgehead atoms. The minimum Gasteiger partial charge on any atom is -0.302 e. The van der Waals surface area contributed by atoms with Crippen molar-refractivity contribution in [3.05, 3.63) is 0 Å². The van der Waals surface area contributed by atoms with Gasteiger partial charge in [0.1, 0.15) is 0 Å². The van der Waals surface area contributed by atoms with E-state index < -0.39 is 0 Å². The molecule has 2 aliphatic rings. The van der Waals surface area contributed by atoms with Gasteiger partial charge >= 0.3 is 0 Å². The van der Waals surface area contributed by atoms with E-state index >= 15 is 0 Å². The Hall–Kier alpha value is -0.900. The second-order valence-corrected chi connectivity index (χ2v) is 5.39. The van der Waals surface area contributed by atoms with Crippen LogP contribution in [-0.4, -0.2) is 48.3 Å². The summed E-state index contributed by atoms with van der Waals surface area (Å²) in [5.41, 5.74) is 0. The quantitative estimate of drug-likeness (QED) is 0.658. The summed E-state index contributed by atoms with van der Waals surface area (Å²) in [6.45, 7) is 6.94. The average molecular weight is 224 g/mol. The molecule has 0 N–H and O–H groups in total. The lowest BCUT2D eigenvalue weighted by Gasteiger charge is -2.19. The predicted molar refractivity (Wildman–Crippen MR) is 60.7 cm³/mol. The van der Waals surface area contributed by atoms with Gasteiger partial charge in [0.2, 0.25) is 11.8 Å². The summed E-state index contributed by atoms with van der Waals surface area (Å²) < 4.78 is 0. The fraction of sp³-hybridized carbons (Fsp3) is 0.833. The summed E-state index contributed by atoms with van der Waals surface area (Å²) in [5.74, 6) is 0.577. The number of imide groups is 1. The van der Waals surface area contributed by atoms with Crippen LogP contribution in [0, 0.1) is 17.8 Å². The van der Waals surface area contributed by atoms with E-state index in [0.29, 0.717) is 5.92 Å². The highest BCUT2D eigenvalue weighted by molar-refractivity contribution is 6.05. The SMILES string of the molecule is CC(C)CCN1C[C@@H]2C(=O)N(C)C(=O)[C@@H]2C1. The largest absolute Gasteiger partial charge is 0.302 e. The number of nitrogens with zero attached hydrogens (tertiary/aromatic N) is 2. The van der Waals surface area contributed by atoms with Gasteiger partial charge in [-0.25, -0.2) is 0 Å². The third kappa shape index (κ3) is 1.86. The van der Waals surface area contributed by atoms with E-state index in [2.05, 4.69) is 18.7 Å². The number of likely N-dealkylation sites (tertiary alicyclic amines) is 2. The van der Waals surface area contributed by atoms with Crippen LogP contribution < -0.4 is 0 Å². The Bertz CT molecular complexity index is 290. The first-order valence-electron chi connectivity index (χ1n) is 6.04. The van der Waals surface area contributed by atoms with Crippen molar-refractivity contribution >= 4 is 11.8 Å². The summed E-state index contributed by atoms with van der Waals surface area (Å²) in [5, 5.41) is 0. The monoisotopic (exact) mass is 224 g/mol. The Morgan fingerprint density at radius 1 is 1.19 bits per heavy atom. The van der Waals surface area contributed by atoms with Crippen molar-refractivity contribution in [3.63, 3.8) is 0 Å². The summed E-state index contributed by atoms with van der Waals surface area (Å²) >= 11 is 0. The fourth-order valence-electron chi connectivity index (χ4n) is 2.62. The first kappa shape index (κ1) is 11.6. The van der Waals surface area contributed by atoms with Crippen molar-refractivity contribution in [2.24, 2.45) is 17.8 Å². The van der Waals surface area contributed by atoms with Crippen molar-refractivity contribution < 1.29 is 9.59 Å². The third-order valence-corrected chi connectivity index (χ3v) is 3.71. The van der Waals surface area contributed by atoms with Gasteiger partial charge in [0.15, 0.2) is 0 Å². The highest BCUT2D eigenvalue weighted by atomic mass is 16.2. The number of hydrogen-bond acceptors (Lipinski definition) is 3. The zero-order valence-corrected chi connectivity index (χ0v) is 10.3. The third-order valence-electron chi connectivity index (χ3n) is 3.71. The van der Waals surface area contributed by atoms with Crippen LogP contribution in [0.3, 0.4) is 0 Å². The van der Waals surface area contributed by atoms with Crippen LogP contribution in [0.2, 0.25) is 0 Å². The molecule has 0 spiro atoms. The summed E-state index contributed by atoms with van der Waals surface area (Å²) in [6, 6.07) is 0. The maximum absolute atomic E-state index is 11.8. The average Bonchev–Trinajstić information content (AvgIpc) is 2.73. The molecule has 0 saturated carbocycles. The number of fused-ring (bicyclic) bond motifs is 1. The molecule has 2 aliphatic heterocycles. The molecule has 90 valence electrons. The number of carbonyl (C=O) groups excluding carboxylic acids is 2. The zero-order valence-electron chi connectivity index (χ0n) is 10.3. The van der Waals surface area contributed by atoms with Gasteiger partial charge in [-0.2, -0.15) is 0 Å². The molecule has 2 fully saturated rings. The van der Waals surface area contributed by atoms with Crippen molar-refractivity contribution in [1.82, 2.24) is 9.80 Å². The van der Waals surface area contributed by atoms with Crippen LogP contribution in [-0.2, 0) is 9.59 Å². The van der Waals surface area contributed by atoms with Gasteiger partial charge < -0.3 is 4.90 Å². The van der Waals surface area contributed by atoms with Crippen LogP contribution >= 0.6 is 0 Å². The van der Waals surface area contributed by atoms with E-state index in [9.17, 15) is 9.59 Å². The molecule has 0 aromatic heterocycles. The predicted octanol–water partition coefficient (Wildman–Crippen LogP) is 0.579. The number of hydrogen-bond donors (Lipinski definition) is 0. The van der Waals surface area contributed by atoms with Crippen LogP contribution in [0.25, 0.3) is 0 Å². The Morgan fingerprint density at radius 2 is 1.69 bits per heavy atom. The van der Waals surface area contributed by atoms with Crippen molar-refractivity contribution in [1.29, 1.82) is 0 Å². The standard InChI is InChI=1S/C12H20N2O2/c1-8(2)4-5-14-6-9-10(7-14)12(16)13(3)11(9)15/h8-10H,4-7H2,1-3H3/t9-,10+. The number of amides is 2. The number of rotatable bonds is 3. The first-order chi connectivity index (χ1) is 7.50. The normalized spacial score (nSPS) is 30.6. The summed E-state index contributed by atoms with van der Waals surface area (Å²) in [4.78, 5) is 27.1. The maximum atomic E-state index is 11.8. The Balaban J connectivity index is 1.94. The van der Waals surface area contributed by atoms with E-state index in [4.69, 9.17) is 0 Å². The van der Waals surface area contributed by atoms with E-state index in [-0.39, 0.29) is 23.7 Å². The van der Waals surface area contributed by atoms with Crippen LogP contribution in [0.1, 0.15) is 20.3 Å². The molecule has 2 rings (SSSR count). The molecule has 2 saturated heterocycles. The molecule has 0 radical (unpaired) electrons. The minimum absolute atomic E-state index is 0.0158. The summed E-state index contributed by atoms with van der Waals surface area (Å²) in [6.07, 6.45) is 1.14. The topological polar surface area (TPSA) is 40.6 Å². The van der Waals surface area contributed by atoms with Crippen molar-refractivity contribution in [3.8, 4) is 0 Å². The highest BCUT2D eigenvalue weighted by Gasteiger charge is 2.50. The minimum atomic E-state index is -0.0651. The number of carbonyl (C=O) groups is 2. The smallest absolute Gasteiger partial charge is 0.234 e. The molecule has 0 aliphatic carbocycles. The molecule has 2 atom stereocenters. The molecule has 0 unspecified atom stereocenters. The molecule has 0 aromatic rings. The van der Waals surface area contributed by atoms with E-state index in [1.54, 1.807) is 7.05 Å². The molecule has 2 amide bonds. The van der Waals surface area contributed by atoms with Crippen molar-refractivity contribution in [2.45, 2.75) is 20.3 Å². The second kappa shape index (κ2) is 4.17. The van der Waals surface area contributed by atoms with Gasteiger partial charge in [0.05, 0.1) is 11.8 Å². The van der Waals surface area contributed by atoms with Gasteiger partial charge in [-0.1, -0.05) is 13.8 Å². The zero-order chi connectivity index (χ0) is 11.9. The Kier molecular flexibility index (Phi) is 3.02. The lowest BCUT2D eigenvalue weighted by atomic mass is 10.00. The maximum Gasteiger partial charge on any atom is 0.234 e. The molecule has 16 heavy (non-hydrogen) atoms. The molecular weight excluding hydrogens is 204 g/mol. The molecular formula is C12H20N2O2. The van der Waals surface area contributed by atoms with Crippen LogP contribution in [0.15, 0.2) is 0 Å². The van der Waals surface area contributed by atoms with E-state index in [0.717, 1.165) is 26.1 Å². The first-order valence-corrected chi connectivity index (χ1v) is 6.04. The highest BCUT2D eigenvalue weighted by Crippen LogP contribution is 2.32. The van der Waals surface area contributed by atoms with Gasteiger partial charge in [0, 0.05) is 20.1 Å². The molecule has 2 heterocycles. The van der Waals surface area contributed by atoms with Gasteiger partial charge in [-0.05, 0) is 18.9 Å². The van der Waals surface area contributed by atoms with E-state index in [1.807, 2.05) is 0 Å². The molecule has 0 aromatic carbocycles. The van der Waals surface area contributed by atoms with E-state index in [1.165, 1.54) is 4.90 Å². The molecule has 4 nitrogen and oxygen atoms in total. The fourth-order valence-corrected chi connectivity index (χ4v) is 2.62. The van der Waals surface area contributed by atoms with Gasteiger partial charge in [-0.15, -0.1) is 0 Å². The molecule has 4 heteroatoms. The van der Waals surface area contributed by atoms with Crippen LogP contribution in [0.4, 0.5) is 0 Å². The summed E-state index contributed by atoms with van der Waals surface area (Å²) in [7, 11) is 1.60. The lowest BCUT2D eigenvalue weighted by Crippen LogP contribution is -2.33. The van der Waals surface area contributed by atoms with Crippen LogP contribution in [0.5, 0.6) is 0 Å². The van der Waals surface area contributed by atoms with Crippen molar-refractivity contribution in [2.75, 3.05) is 26.7 Å².